The number of rotatable bonds is 5. The third-order valence-electron chi connectivity index (χ3n) is 11.6. The maximum Gasteiger partial charge on any atom is 0.146 e. The Labute approximate surface area is 332 Å². The zero-order chi connectivity index (χ0) is 37.5. The lowest BCUT2D eigenvalue weighted by Gasteiger charge is -2.26. The van der Waals surface area contributed by atoms with Crippen LogP contribution in [0.5, 0.6) is 0 Å². The largest absolute Gasteiger partial charge is 0.346 e. The van der Waals surface area contributed by atoms with Crippen molar-refractivity contribution in [2.75, 3.05) is 0 Å². The van der Waals surface area contributed by atoms with E-state index >= 15 is 0 Å². The van der Waals surface area contributed by atoms with E-state index in [0.29, 0.717) is 0 Å². The third-order valence-corrected chi connectivity index (χ3v) is 12.7. The molecule has 268 valence electrons. The third kappa shape index (κ3) is 4.96. The molecule has 0 spiro atoms. The summed E-state index contributed by atoms with van der Waals surface area (Å²) in [7, 11) is 0. The van der Waals surface area contributed by atoms with E-state index in [9.17, 15) is 0 Å². The van der Waals surface area contributed by atoms with Crippen LogP contribution in [0.4, 0.5) is 0 Å². The van der Waals surface area contributed by atoms with Crippen LogP contribution in [-0.4, -0.2) is 14.8 Å². The molecular formula is C52H34N4S. The van der Waals surface area contributed by atoms with E-state index in [1.54, 1.807) is 0 Å². The lowest BCUT2D eigenvalue weighted by molar-refractivity contribution is 0.646. The van der Waals surface area contributed by atoms with Crippen LogP contribution < -0.4 is 5.32 Å². The Balaban J connectivity index is 1.16. The number of hydrogen-bond acceptors (Lipinski definition) is 3. The van der Waals surface area contributed by atoms with Crippen LogP contribution in [0.1, 0.15) is 17.3 Å². The molecule has 1 aliphatic rings. The molecule has 0 bridgehead atoms. The molecule has 1 atom stereocenters. The Morgan fingerprint density at radius 2 is 1.04 bits per heavy atom. The van der Waals surface area contributed by atoms with Gasteiger partial charge < -0.3 is 9.88 Å². The first-order valence-electron chi connectivity index (χ1n) is 19.4. The average molecular weight is 747 g/mol. The van der Waals surface area contributed by atoms with E-state index in [1.807, 2.05) is 11.3 Å². The molecule has 1 aliphatic heterocycles. The van der Waals surface area contributed by atoms with Gasteiger partial charge in [-0.15, -0.1) is 11.3 Å². The average Bonchev–Trinajstić information content (AvgIpc) is 3.95. The van der Waals surface area contributed by atoms with Crippen LogP contribution >= 0.6 is 11.3 Å². The van der Waals surface area contributed by atoms with Gasteiger partial charge in [0.25, 0.3) is 0 Å². The zero-order valence-corrected chi connectivity index (χ0v) is 31.6. The lowest BCUT2D eigenvalue weighted by Crippen LogP contribution is -2.27. The molecule has 0 saturated heterocycles. The van der Waals surface area contributed by atoms with Crippen LogP contribution in [0.25, 0.3) is 86.4 Å². The molecule has 5 heteroatoms. The number of para-hydroxylation sites is 2. The van der Waals surface area contributed by atoms with Crippen LogP contribution in [-0.2, 0) is 0 Å². The van der Waals surface area contributed by atoms with E-state index in [4.69, 9.17) is 4.99 Å². The summed E-state index contributed by atoms with van der Waals surface area (Å²) in [6.45, 7) is 0. The van der Waals surface area contributed by atoms with Crippen LogP contribution in [0.15, 0.2) is 199 Å². The molecule has 0 amide bonds. The summed E-state index contributed by atoms with van der Waals surface area (Å²) in [5.74, 6) is 1.00. The minimum absolute atomic E-state index is 0.256. The van der Waals surface area contributed by atoms with Crippen molar-refractivity contribution in [2.24, 2.45) is 4.99 Å². The van der Waals surface area contributed by atoms with E-state index < -0.39 is 0 Å². The number of aliphatic imine (C=N–C) groups is 1. The van der Waals surface area contributed by atoms with Gasteiger partial charge in [-0.05, 0) is 64.7 Å². The molecule has 0 aliphatic carbocycles. The monoisotopic (exact) mass is 746 g/mol. The number of aromatic nitrogens is 2. The Morgan fingerprint density at radius 3 is 1.79 bits per heavy atom. The Bertz CT molecular complexity index is 3410. The smallest absolute Gasteiger partial charge is 0.146 e. The SMILES string of the molecule is C1=C(n2c3ccccc3c3ccc4sc5ccc6c(c7ccccc7n6-c6ccc(-c7ccccc7)cc6)c5c4c32)NC(c2ccccc2)N=C1c1ccccc1. The molecule has 0 fully saturated rings. The second-order valence-corrected chi connectivity index (χ2v) is 15.8. The summed E-state index contributed by atoms with van der Waals surface area (Å²) in [4.78, 5) is 5.29. The van der Waals surface area contributed by atoms with Gasteiger partial charge in [0.15, 0.2) is 0 Å². The van der Waals surface area contributed by atoms with Gasteiger partial charge in [0.05, 0.1) is 27.8 Å². The van der Waals surface area contributed by atoms with Crippen LogP contribution in [0.2, 0.25) is 0 Å². The molecule has 12 rings (SSSR count). The highest BCUT2D eigenvalue weighted by atomic mass is 32.1. The molecule has 4 nitrogen and oxygen atoms in total. The topological polar surface area (TPSA) is 34.2 Å². The summed E-state index contributed by atoms with van der Waals surface area (Å²) < 4.78 is 7.46. The van der Waals surface area contributed by atoms with Crippen molar-refractivity contribution < 1.29 is 0 Å². The van der Waals surface area contributed by atoms with E-state index in [0.717, 1.165) is 33.9 Å². The highest BCUT2D eigenvalue weighted by Gasteiger charge is 2.26. The van der Waals surface area contributed by atoms with Gasteiger partial charge in [-0.25, -0.2) is 0 Å². The van der Waals surface area contributed by atoms with Gasteiger partial charge in [-0.3, -0.25) is 9.56 Å². The second kappa shape index (κ2) is 12.7. The predicted octanol–water partition coefficient (Wildman–Crippen LogP) is 13.5. The minimum atomic E-state index is -0.256. The highest BCUT2D eigenvalue weighted by Crippen LogP contribution is 2.48. The zero-order valence-electron chi connectivity index (χ0n) is 30.8. The maximum absolute atomic E-state index is 5.29. The fourth-order valence-corrected chi connectivity index (χ4v) is 10.1. The first-order chi connectivity index (χ1) is 28.3. The van der Waals surface area contributed by atoms with Gasteiger partial charge in [0.2, 0.25) is 0 Å². The van der Waals surface area contributed by atoms with Crippen molar-refractivity contribution in [1.29, 1.82) is 0 Å². The number of nitrogens with one attached hydrogen (secondary N) is 1. The first kappa shape index (κ1) is 32.1. The van der Waals surface area contributed by atoms with Crippen molar-refractivity contribution in [1.82, 2.24) is 14.5 Å². The van der Waals surface area contributed by atoms with Crippen LogP contribution in [0.3, 0.4) is 0 Å². The molecular weight excluding hydrogens is 713 g/mol. The Hall–Kier alpha value is -7.21. The molecule has 8 aromatic carbocycles. The molecule has 0 saturated carbocycles. The van der Waals surface area contributed by atoms with Gasteiger partial charge >= 0.3 is 0 Å². The summed E-state index contributed by atoms with van der Waals surface area (Å²) >= 11 is 1.88. The summed E-state index contributed by atoms with van der Waals surface area (Å²) in [5.41, 5.74) is 11.5. The molecule has 4 heterocycles. The van der Waals surface area contributed by atoms with E-state index in [-0.39, 0.29) is 6.17 Å². The maximum atomic E-state index is 5.29. The summed E-state index contributed by atoms with van der Waals surface area (Å²) in [6.07, 6.45) is 1.98. The van der Waals surface area contributed by atoms with Crippen molar-refractivity contribution >= 4 is 86.7 Å². The van der Waals surface area contributed by atoms with Crippen molar-refractivity contribution in [3.63, 3.8) is 0 Å². The highest BCUT2D eigenvalue weighted by molar-refractivity contribution is 7.26. The molecule has 57 heavy (non-hydrogen) atoms. The van der Waals surface area contributed by atoms with Crippen molar-refractivity contribution in [2.45, 2.75) is 6.17 Å². The fraction of sp³-hybridized carbons (Fsp3) is 0.0192. The quantitative estimate of drug-likeness (QED) is 0.187. The van der Waals surface area contributed by atoms with E-state index in [1.165, 1.54) is 69.4 Å². The van der Waals surface area contributed by atoms with E-state index in [2.05, 4.69) is 209 Å². The van der Waals surface area contributed by atoms with Gasteiger partial charge in [-0.2, -0.15) is 0 Å². The predicted molar refractivity (Wildman–Crippen MR) is 242 cm³/mol. The van der Waals surface area contributed by atoms with Crippen molar-refractivity contribution in [3.8, 4) is 16.8 Å². The first-order valence-corrected chi connectivity index (χ1v) is 20.2. The summed E-state index contributed by atoms with van der Waals surface area (Å²) in [5, 5.41) is 11.5. The summed E-state index contributed by atoms with van der Waals surface area (Å²) in [6, 6.07) is 67.7. The number of nitrogens with zero attached hydrogens (tertiary/aromatic N) is 3. The molecule has 11 aromatic rings. The van der Waals surface area contributed by atoms with Gasteiger partial charge in [0, 0.05) is 53.5 Å². The lowest BCUT2D eigenvalue weighted by atomic mass is 10.0. The number of thiophene rings is 1. The fourth-order valence-electron chi connectivity index (χ4n) is 9.03. The minimum Gasteiger partial charge on any atom is -0.346 e. The molecule has 1 unspecified atom stereocenters. The Kier molecular flexibility index (Phi) is 7.13. The van der Waals surface area contributed by atoms with Crippen molar-refractivity contribution in [3.05, 3.63) is 205 Å². The Morgan fingerprint density at radius 1 is 0.439 bits per heavy atom. The standard InChI is InChI=1S/C52H34N4S/c1-4-14-33(15-5-1)34-24-26-37(27-25-34)55-43-23-13-11-21-40(43)48-44(55)29-31-45-49(48)50-46(57-45)30-28-39-38-20-10-12-22-42(38)56(51(39)50)47-32-41(35-16-6-2-7-17-35)53-52(54-47)36-18-8-3-9-19-36/h1-32,52,54H. The number of fused-ring (bicyclic) bond motifs is 11. The molecule has 1 N–H and O–H groups in total. The molecule has 0 radical (unpaired) electrons. The number of allylic oxidation sites excluding steroid dienone is 1. The van der Waals surface area contributed by atoms with Crippen LogP contribution in [0, 0.1) is 0 Å². The second-order valence-electron chi connectivity index (χ2n) is 14.8. The van der Waals surface area contributed by atoms with Gasteiger partial charge in [0.1, 0.15) is 12.0 Å². The van der Waals surface area contributed by atoms with Gasteiger partial charge in [-0.1, -0.05) is 146 Å². The molecule has 3 aromatic heterocycles. The number of hydrogen-bond donors (Lipinski definition) is 1. The number of benzene rings is 8. The normalized spacial score (nSPS) is 14.5.